The van der Waals surface area contributed by atoms with E-state index in [0.29, 0.717) is 16.9 Å². The van der Waals surface area contributed by atoms with E-state index in [1.54, 1.807) is 24.3 Å². The van der Waals surface area contributed by atoms with E-state index in [1.165, 1.54) is 48.7 Å². The minimum atomic E-state index is -3.72. The highest BCUT2D eigenvalue weighted by molar-refractivity contribution is 7.89. The Labute approximate surface area is 190 Å². The molecule has 33 heavy (non-hydrogen) atoms. The Hall–Kier alpha value is -3.76. The molecule has 0 aliphatic carbocycles. The fourth-order valence-corrected chi connectivity index (χ4v) is 3.65. The molecule has 1 amide bonds. The van der Waals surface area contributed by atoms with E-state index >= 15 is 0 Å². The van der Waals surface area contributed by atoms with Crippen LogP contribution in [0.1, 0.15) is 16.9 Å². The summed E-state index contributed by atoms with van der Waals surface area (Å²) >= 11 is 0. The Bertz CT molecular complexity index is 1220. The zero-order chi connectivity index (χ0) is 23.7. The van der Waals surface area contributed by atoms with Gasteiger partial charge >= 0.3 is 5.97 Å². The SMILES string of the molecule is O=C(COC(=O)/C=C/c1ccc(S(=O)(=O)NCc2ccco2)cc1)NCc1ccccc1F. The summed E-state index contributed by atoms with van der Waals surface area (Å²) < 4.78 is 50.5. The molecule has 3 aromatic rings. The Balaban J connectivity index is 1.44. The second-order valence-electron chi connectivity index (χ2n) is 6.78. The molecule has 0 fully saturated rings. The number of carbonyl (C=O) groups excluding carboxylic acids is 2. The van der Waals surface area contributed by atoms with Crippen molar-refractivity contribution in [3.63, 3.8) is 0 Å². The van der Waals surface area contributed by atoms with Crippen LogP contribution in [0.15, 0.2) is 82.3 Å². The number of rotatable bonds is 10. The largest absolute Gasteiger partial charge is 0.468 e. The smallest absolute Gasteiger partial charge is 0.331 e. The molecule has 1 heterocycles. The van der Waals surface area contributed by atoms with Crippen LogP contribution in [0.2, 0.25) is 0 Å². The van der Waals surface area contributed by atoms with Gasteiger partial charge in [0.1, 0.15) is 11.6 Å². The summed E-state index contributed by atoms with van der Waals surface area (Å²) in [5.41, 5.74) is 0.875. The Morgan fingerprint density at radius 1 is 1.00 bits per heavy atom. The second kappa shape index (κ2) is 11.2. The van der Waals surface area contributed by atoms with Gasteiger partial charge < -0.3 is 14.5 Å². The van der Waals surface area contributed by atoms with Crippen LogP contribution in [0.5, 0.6) is 0 Å². The zero-order valence-corrected chi connectivity index (χ0v) is 18.2. The summed E-state index contributed by atoms with van der Waals surface area (Å²) in [5.74, 6) is -1.29. The van der Waals surface area contributed by atoms with Gasteiger partial charge in [-0.1, -0.05) is 30.3 Å². The fraction of sp³-hybridized carbons (Fsp3) is 0.130. The number of ether oxygens (including phenoxy) is 1. The molecular weight excluding hydrogens is 451 g/mol. The molecule has 0 spiro atoms. The molecule has 3 rings (SSSR count). The highest BCUT2D eigenvalue weighted by atomic mass is 32.2. The number of furan rings is 1. The highest BCUT2D eigenvalue weighted by Gasteiger charge is 2.14. The first kappa shape index (κ1) is 23.9. The normalized spacial score (nSPS) is 11.4. The summed E-state index contributed by atoms with van der Waals surface area (Å²) in [6, 6.07) is 15.2. The van der Waals surface area contributed by atoms with Crippen molar-refractivity contribution in [2.45, 2.75) is 18.0 Å². The molecule has 0 saturated heterocycles. The molecule has 2 N–H and O–H groups in total. The maximum absolute atomic E-state index is 13.5. The molecule has 8 nitrogen and oxygen atoms in total. The molecule has 0 aliphatic heterocycles. The van der Waals surface area contributed by atoms with Gasteiger partial charge in [-0.3, -0.25) is 4.79 Å². The van der Waals surface area contributed by atoms with Crippen molar-refractivity contribution < 1.29 is 31.6 Å². The van der Waals surface area contributed by atoms with Crippen LogP contribution >= 0.6 is 0 Å². The number of nitrogens with one attached hydrogen (secondary N) is 2. The summed E-state index contributed by atoms with van der Waals surface area (Å²) in [6.45, 7) is -0.517. The monoisotopic (exact) mass is 472 g/mol. The van der Waals surface area contributed by atoms with E-state index < -0.39 is 34.3 Å². The number of hydrogen-bond donors (Lipinski definition) is 2. The van der Waals surface area contributed by atoms with Crippen molar-refractivity contribution in [1.29, 1.82) is 0 Å². The summed E-state index contributed by atoms with van der Waals surface area (Å²) in [7, 11) is -3.72. The van der Waals surface area contributed by atoms with Gasteiger partial charge in [-0.15, -0.1) is 0 Å². The lowest BCUT2D eigenvalue weighted by Gasteiger charge is -2.06. The average Bonchev–Trinajstić information content (AvgIpc) is 3.34. The van der Waals surface area contributed by atoms with Crippen molar-refractivity contribution in [2.75, 3.05) is 6.61 Å². The van der Waals surface area contributed by atoms with Crippen LogP contribution in [-0.2, 0) is 37.4 Å². The Morgan fingerprint density at radius 3 is 2.45 bits per heavy atom. The van der Waals surface area contributed by atoms with E-state index in [2.05, 4.69) is 10.0 Å². The Kier molecular flexibility index (Phi) is 8.11. The minimum Gasteiger partial charge on any atom is -0.468 e. The van der Waals surface area contributed by atoms with Gasteiger partial charge in [0.25, 0.3) is 5.91 Å². The van der Waals surface area contributed by atoms with E-state index in [-0.39, 0.29) is 18.0 Å². The minimum absolute atomic E-state index is 0.0233. The summed E-state index contributed by atoms with van der Waals surface area (Å²) in [6.07, 6.45) is 3.99. The van der Waals surface area contributed by atoms with E-state index in [4.69, 9.17) is 9.15 Å². The number of amides is 1. The quantitative estimate of drug-likeness (QED) is 0.346. The highest BCUT2D eigenvalue weighted by Crippen LogP contribution is 2.13. The molecule has 0 unspecified atom stereocenters. The first-order chi connectivity index (χ1) is 15.8. The third-order valence-electron chi connectivity index (χ3n) is 4.40. The predicted molar refractivity (Wildman–Crippen MR) is 117 cm³/mol. The molecule has 0 atom stereocenters. The van der Waals surface area contributed by atoms with Gasteiger partial charge in [0, 0.05) is 18.2 Å². The number of hydrogen-bond acceptors (Lipinski definition) is 6. The first-order valence-corrected chi connectivity index (χ1v) is 11.3. The molecule has 172 valence electrons. The van der Waals surface area contributed by atoms with Crippen molar-refractivity contribution in [1.82, 2.24) is 10.0 Å². The summed E-state index contributed by atoms with van der Waals surface area (Å²) in [4.78, 5) is 23.6. The van der Waals surface area contributed by atoms with Crippen molar-refractivity contribution in [3.05, 3.63) is 95.7 Å². The van der Waals surface area contributed by atoms with Crippen molar-refractivity contribution in [3.8, 4) is 0 Å². The zero-order valence-electron chi connectivity index (χ0n) is 17.4. The first-order valence-electron chi connectivity index (χ1n) is 9.80. The van der Waals surface area contributed by atoms with Gasteiger partial charge in [0.05, 0.1) is 17.7 Å². The molecule has 0 bridgehead atoms. The van der Waals surface area contributed by atoms with Crippen LogP contribution in [0.25, 0.3) is 6.08 Å². The number of sulfonamides is 1. The fourth-order valence-electron chi connectivity index (χ4n) is 2.66. The van der Waals surface area contributed by atoms with Crippen LogP contribution in [0.4, 0.5) is 4.39 Å². The lowest BCUT2D eigenvalue weighted by Crippen LogP contribution is -2.28. The van der Waals surface area contributed by atoms with Gasteiger partial charge in [-0.25, -0.2) is 22.3 Å². The van der Waals surface area contributed by atoms with Gasteiger partial charge in [0.15, 0.2) is 6.61 Å². The molecule has 0 radical (unpaired) electrons. The van der Waals surface area contributed by atoms with Gasteiger partial charge in [0.2, 0.25) is 10.0 Å². The number of esters is 1. The van der Waals surface area contributed by atoms with Gasteiger partial charge in [-0.05, 0) is 42.0 Å². The third-order valence-corrected chi connectivity index (χ3v) is 5.82. The van der Waals surface area contributed by atoms with E-state index in [9.17, 15) is 22.4 Å². The van der Waals surface area contributed by atoms with Crippen molar-refractivity contribution in [2.24, 2.45) is 0 Å². The van der Waals surface area contributed by atoms with E-state index in [0.717, 1.165) is 6.08 Å². The van der Waals surface area contributed by atoms with E-state index in [1.807, 2.05) is 0 Å². The lowest BCUT2D eigenvalue weighted by molar-refractivity contribution is -0.143. The lowest BCUT2D eigenvalue weighted by atomic mass is 10.2. The van der Waals surface area contributed by atoms with Crippen LogP contribution < -0.4 is 10.0 Å². The predicted octanol–water partition coefficient (Wildman–Crippen LogP) is 2.77. The molecule has 0 aliphatic rings. The number of benzene rings is 2. The van der Waals surface area contributed by atoms with Gasteiger partial charge in [-0.2, -0.15) is 0 Å². The Morgan fingerprint density at radius 2 is 1.76 bits per heavy atom. The topological polar surface area (TPSA) is 115 Å². The maximum Gasteiger partial charge on any atom is 0.331 e. The maximum atomic E-state index is 13.5. The average molecular weight is 472 g/mol. The van der Waals surface area contributed by atoms with Crippen LogP contribution in [0.3, 0.4) is 0 Å². The second-order valence-corrected chi connectivity index (χ2v) is 8.55. The third kappa shape index (κ3) is 7.41. The molecule has 1 aromatic heterocycles. The molecule has 0 saturated carbocycles. The van der Waals surface area contributed by atoms with Crippen molar-refractivity contribution >= 4 is 28.0 Å². The standard InChI is InChI=1S/C23H21FN2O6S/c24-21-6-2-1-4-18(21)14-25-22(27)16-32-23(28)12-9-17-7-10-20(11-8-17)33(29,30)26-15-19-5-3-13-31-19/h1-13,26H,14-16H2,(H,25,27)/b12-9+. The molecule has 10 heteroatoms. The van der Waals surface area contributed by atoms with Crippen LogP contribution in [0, 0.1) is 5.82 Å². The molecule has 2 aromatic carbocycles. The summed E-state index contributed by atoms with van der Waals surface area (Å²) in [5, 5.41) is 2.46. The number of carbonyl (C=O) groups is 2. The molecular formula is C23H21FN2O6S. The number of halogens is 1. The van der Waals surface area contributed by atoms with Crippen LogP contribution in [-0.4, -0.2) is 26.9 Å².